The lowest BCUT2D eigenvalue weighted by Gasteiger charge is -1.91. The van der Waals surface area contributed by atoms with Gasteiger partial charge in [0.25, 0.3) is 0 Å². The van der Waals surface area contributed by atoms with Crippen molar-refractivity contribution in [3.63, 3.8) is 0 Å². The van der Waals surface area contributed by atoms with Crippen LogP contribution < -0.4 is 0 Å². The molecule has 0 aromatic carbocycles. The average Bonchev–Trinajstić information content (AvgIpc) is 2.61. The molecule has 1 heteroatoms. The SMILES string of the molecule is Cc1cc(C2CC2)c(C)[nH]1. The van der Waals surface area contributed by atoms with Gasteiger partial charge < -0.3 is 4.98 Å². The Hall–Kier alpha value is -0.720. The number of aromatic amines is 1. The van der Waals surface area contributed by atoms with Gasteiger partial charge in [-0.3, -0.25) is 0 Å². The van der Waals surface area contributed by atoms with E-state index in [0.29, 0.717) is 0 Å². The zero-order valence-electron chi connectivity index (χ0n) is 6.57. The van der Waals surface area contributed by atoms with E-state index < -0.39 is 0 Å². The molecule has 10 heavy (non-hydrogen) atoms. The number of hydrogen-bond donors (Lipinski definition) is 1. The van der Waals surface area contributed by atoms with Crippen molar-refractivity contribution in [2.75, 3.05) is 0 Å². The Morgan fingerprint density at radius 2 is 2.10 bits per heavy atom. The van der Waals surface area contributed by atoms with Crippen LogP contribution in [0.25, 0.3) is 0 Å². The van der Waals surface area contributed by atoms with Crippen LogP contribution in [0.2, 0.25) is 0 Å². The van der Waals surface area contributed by atoms with E-state index in [0.717, 1.165) is 5.92 Å². The maximum atomic E-state index is 3.33. The Bertz CT molecular complexity index is 243. The maximum absolute atomic E-state index is 3.33. The quantitative estimate of drug-likeness (QED) is 0.609. The molecule has 1 heterocycles. The number of H-pyrrole nitrogens is 1. The molecular weight excluding hydrogens is 122 g/mol. The summed E-state index contributed by atoms with van der Waals surface area (Å²) < 4.78 is 0. The van der Waals surface area contributed by atoms with Crippen LogP contribution >= 0.6 is 0 Å². The van der Waals surface area contributed by atoms with Crippen LogP contribution in [0.4, 0.5) is 0 Å². The van der Waals surface area contributed by atoms with Gasteiger partial charge in [0, 0.05) is 11.4 Å². The fourth-order valence-corrected chi connectivity index (χ4v) is 1.56. The highest BCUT2D eigenvalue weighted by Crippen LogP contribution is 2.41. The predicted molar refractivity (Wildman–Crippen MR) is 42.2 cm³/mol. The topological polar surface area (TPSA) is 15.8 Å². The second-order valence-corrected chi connectivity index (χ2v) is 3.31. The van der Waals surface area contributed by atoms with E-state index in [1.807, 2.05) is 0 Å². The zero-order valence-corrected chi connectivity index (χ0v) is 6.57. The smallest absolute Gasteiger partial charge is 0.0153 e. The molecule has 2 rings (SSSR count). The van der Waals surface area contributed by atoms with E-state index in [-0.39, 0.29) is 0 Å². The largest absolute Gasteiger partial charge is 0.362 e. The molecule has 1 N–H and O–H groups in total. The van der Waals surface area contributed by atoms with Crippen LogP contribution in [0.5, 0.6) is 0 Å². The first-order valence-electron chi connectivity index (χ1n) is 3.93. The van der Waals surface area contributed by atoms with Crippen LogP contribution in [-0.4, -0.2) is 4.98 Å². The Balaban J connectivity index is 2.38. The summed E-state index contributed by atoms with van der Waals surface area (Å²) in [5, 5.41) is 0. The van der Waals surface area contributed by atoms with Crippen molar-refractivity contribution in [1.82, 2.24) is 4.98 Å². The van der Waals surface area contributed by atoms with Gasteiger partial charge in [-0.2, -0.15) is 0 Å². The minimum atomic E-state index is 0.893. The van der Waals surface area contributed by atoms with E-state index >= 15 is 0 Å². The molecule has 1 aromatic rings. The highest BCUT2D eigenvalue weighted by atomic mass is 14.7. The van der Waals surface area contributed by atoms with Crippen molar-refractivity contribution in [1.29, 1.82) is 0 Å². The molecule has 1 nitrogen and oxygen atoms in total. The van der Waals surface area contributed by atoms with Crippen LogP contribution in [0.1, 0.15) is 35.7 Å². The number of aromatic nitrogens is 1. The summed E-state index contributed by atoms with van der Waals surface area (Å²) in [5.74, 6) is 0.893. The normalized spacial score (nSPS) is 17.8. The van der Waals surface area contributed by atoms with E-state index in [2.05, 4.69) is 24.9 Å². The minimum absolute atomic E-state index is 0.893. The van der Waals surface area contributed by atoms with Crippen molar-refractivity contribution in [2.45, 2.75) is 32.6 Å². The van der Waals surface area contributed by atoms with Gasteiger partial charge in [0.15, 0.2) is 0 Å². The lowest BCUT2D eigenvalue weighted by atomic mass is 10.1. The molecular formula is C9H13N. The van der Waals surface area contributed by atoms with Gasteiger partial charge in [-0.15, -0.1) is 0 Å². The molecule has 1 aliphatic carbocycles. The van der Waals surface area contributed by atoms with Crippen LogP contribution in [-0.2, 0) is 0 Å². The molecule has 0 amide bonds. The van der Waals surface area contributed by atoms with E-state index in [1.165, 1.54) is 24.2 Å². The Morgan fingerprint density at radius 1 is 1.40 bits per heavy atom. The predicted octanol–water partition coefficient (Wildman–Crippen LogP) is 2.51. The molecule has 0 unspecified atom stereocenters. The maximum Gasteiger partial charge on any atom is 0.0153 e. The van der Waals surface area contributed by atoms with Crippen LogP contribution in [0, 0.1) is 13.8 Å². The summed E-state index contributed by atoms with van der Waals surface area (Å²) in [6, 6.07) is 2.28. The van der Waals surface area contributed by atoms with Crippen molar-refractivity contribution < 1.29 is 0 Å². The summed E-state index contributed by atoms with van der Waals surface area (Å²) in [6.07, 6.45) is 2.80. The number of aryl methyl sites for hydroxylation is 2. The van der Waals surface area contributed by atoms with Crippen molar-refractivity contribution in [3.05, 3.63) is 23.0 Å². The van der Waals surface area contributed by atoms with Crippen molar-refractivity contribution in [3.8, 4) is 0 Å². The van der Waals surface area contributed by atoms with Gasteiger partial charge >= 0.3 is 0 Å². The number of rotatable bonds is 1. The lowest BCUT2D eigenvalue weighted by molar-refractivity contribution is 1.08. The third kappa shape index (κ3) is 0.859. The third-order valence-corrected chi connectivity index (χ3v) is 2.21. The zero-order chi connectivity index (χ0) is 7.14. The first-order valence-corrected chi connectivity index (χ1v) is 3.93. The average molecular weight is 135 g/mol. The molecule has 1 fully saturated rings. The van der Waals surface area contributed by atoms with E-state index in [9.17, 15) is 0 Å². The van der Waals surface area contributed by atoms with Crippen LogP contribution in [0.3, 0.4) is 0 Å². The van der Waals surface area contributed by atoms with Gasteiger partial charge in [0.2, 0.25) is 0 Å². The Morgan fingerprint density at radius 3 is 2.50 bits per heavy atom. The molecule has 1 aliphatic rings. The van der Waals surface area contributed by atoms with E-state index in [1.54, 1.807) is 5.56 Å². The second-order valence-electron chi connectivity index (χ2n) is 3.31. The monoisotopic (exact) mass is 135 g/mol. The first-order chi connectivity index (χ1) is 4.77. The standard InChI is InChI=1S/C9H13N/c1-6-5-9(7(2)10-6)8-3-4-8/h5,8,10H,3-4H2,1-2H3. The lowest BCUT2D eigenvalue weighted by Crippen LogP contribution is -1.77. The van der Waals surface area contributed by atoms with Gasteiger partial charge in [0.05, 0.1) is 0 Å². The fraction of sp³-hybridized carbons (Fsp3) is 0.556. The van der Waals surface area contributed by atoms with E-state index in [4.69, 9.17) is 0 Å². The summed E-state index contributed by atoms with van der Waals surface area (Å²) in [4.78, 5) is 3.33. The number of nitrogens with one attached hydrogen (secondary N) is 1. The third-order valence-electron chi connectivity index (χ3n) is 2.21. The summed E-state index contributed by atoms with van der Waals surface area (Å²) in [5.41, 5.74) is 4.23. The molecule has 0 spiro atoms. The molecule has 0 aliphatic heterocycles. The molecule has 0 radical (unpaired) electrons. The number of hydrogen-bond acceptors (Lipinski definition) is 0. The molecule has 1 saturated carbocycles. The highest BCUT2D eigenvalue weighted by molar-refractivity contribution is 5.30. The summed E-state index contributed by atoms with van der Waals surface area (Å²) in [7, 11) is 0. The first kappa shape index (κ1) is 6.02. The molecule has 0 atom stereocenters. The molecule has 0 saturated heterocycles. The molecule has 1 aromatic heterocycles. The van der Waals surface area contributed by atoms with Crippen LogP contribution in [0.15, 0.2) is 6.07 Å². The van der Waals surface area contributed by atoms with Gasteiger partial charge in [0.1, 0.15) is 0 Å². The minimum Gasteiger partial charge on any atom is -0.362 e. The summed E-state index contributed by atoms with van der Waals surface area (Å²) in [6.45, 7) is 4.29. The van der Waals surface area contributed by atoms with Crippen molar-refractivity contribution >= 4 is 0 Å². The van der Waals surface area contributed by atoms with Gasteiger partial charge in [-0.1, -0.05) is 0 Å². The molecule has 54 valence electrons. The Kier molecular flexibility index (Phi) is 1.13. The fourth-order valence-electron chi connectivity index (χ4n) is 1.56. The van der Waals surface area contributed by atoms with Gasteiger partial charge in [-0.05, 0) is 44.2 Å². The van der Waals surface area contributed by atoms with Gasteiger partial charge in [-0.25, -0.2) is 0 Å². The highest BCUT2D eigenvalue weighted by Gasteiger charge is 2.25. The molecule has 0 bridgehead atoms. The second kappa shape index (κ2) is 1.88. The van der Waals surface area contributed by atoms with Crippen molar-refractivity contribution in [2.24, 2.45) is 0 Å². The Labute approximate surface area is 61.5 Å². The summed E-state index contributed by atoms with van der Waals surface area (Å²) >= 11 is 0.